The van der Waals surface area contributed by atoms with Gasteiger partial charge in [-0.2, -0.15) is 0 Å². The lowest BCUT2D eigenvalue weighted by atomic mass is 10.0. The number of carboxylic acid groups (broad SMARTS) is 1. The minimum Gasteiger partial charge on any atom is -0.480 e. The van der Waals surface area contributed by atoms with Gasteiger partial charge in [0.25, 0.3) is 0 Å². The van der Waals surface area contributed by atoms with E-state index < -0.39 is 33.7 Å². The van der Waals surface area contributed by atoms with Gasteiger partial charge in [0.2, 0.25) is 11.8 Å². The van der Waals surface area contributed by atoms with Crippen LogP contribution in [0.1, 0.15) is 33.1 Å². The van der Waals surface area contributed by atoms with E-state index in [0.717, 1.165) is 6.26 Å². The van der Waals surface area contributed by atoms with Crippen LogP contribution in [0.2, 0.25) is 0 Å². The molecule has 8 nitrogen and oxygen atoms in total. The molecule has 0 aliphatic heterocycles. The van der Waals surface area contributed by atoms with Crippen LogP contribution in [0.5, 0.6) is 0 Å². The zero-order valence-electron chi connectivity index (χ0n) is 13.1. The molecule has 2 amide bonds. The molecule has 0 bridgehead atoms. The van der Waals surface area contributed by atoms with Gasteiger partial charge in [0.1, 0.15) is 15.9 Å². The Balaban J connectivity index is 4.10. The molecule has 0 spiro atoms. The first-order valence-electron chi connectivity index (χ1n) is 6.98. The topological polar surface area (TPSA) is 130 Å². The van der Waals surface area contributed by atoms with Crippen molar-refractivity contribution in [2.45, 2.75) is 39.2 Å². The van der Waals surface area contributed by atoms with Crippen molar-refractivity contribution in [2.24, 2.45) is 5.92 Å². The Kier molecular flexibility index (Phi) is 8.69. The summed E-state index contributed by atoms with van der Waals surface area (Å²) in [7, 11) is -3.11. The number of rotatable bonds is 10. The predicted molar refractivity (Wildman–Crippen MR) is 81.0 cm³/mol. The first kappa shape index (κ1) is 20.4. The maximum atomic E-state index is 11.6. The lowest BCUT2D eigenvalue weighted by molar-refractivity contribution is -0.142. The summed E-state index contributed by atoms with van der Waals surface area (Å²) >= 11 is 0. The predicted octanol–water partition coefficient (Wildman–Crippen LogP) is -0.457. The van der Waals surface area contributed by atoms with Gasteiger partial charge >= 0.3 is 5.97 Å². The molecule has 0 heterocycles. The Bertz CT molecular complexity index is 501. The molecule has 0 aliphatic carbocycles. The monoisotopic (exact) mass is 336 g/mol. The summed E-state index contributed by atoms with van der Waals surface area (Å²) in [6.45, 7) is 3.34. The molecule has 0 radical (unpaired) electrons. The second kappa shape index (κ2) is 9.39. The van der Waals surface area contributed by atoms with Crippen molar-refractivity contribution in [3.63, 3.8) is 0 Å². The first-order valence-corrected chi connectivity index (χ1v) is 9.04. The SMILES string of the molecule is CC(C)C[C@H](NC(=O)CNC(=O)CCCS(C)(=O)=O)C(=O)O. The Morgan fingerprint density at radius 3 is 2.18 bits per heavy atom. The molecule has 0 aliphatic rings. The van der Waals surface area contributed by atoms with Crippen LogP contribution in [-0.4, -0.2) is 55.9 Å². The molecule has 0 aromatic carbocycles. The van der Waals surface area contributed by atoms with Crippen molar-refractivity contribution in [3.8, 4) is 0 Å². The fourth-order valence-corrected chi connectivity index (χ4v) is 2.37. The average molecular weight is 336 g/mol. The highest BCUT2D eigenvalue weighted by Crippen LogP contribution is 2.04. The first-order chi connectivity index (χ1) is 10.0. The minimum atomic E-state index is -3.11. The van der Waals surface area contributed by atoms with Crippen LogP contribution >= 0.6 is 0 Å². The van der Waals surface area contributed by atoms with Gasteiger partial charge in [-0.3, -0.25) is 9.59 Å². The molecule has 0 aromatic rings. The molecule has 3 N–H and O–H groups in total. The van der Waals surface area contributed by atoms with Gasteiger partial charge in [-0.25, -0.2) is 13.2 Å². The van der Waals surface area contributed by atoms with Crippen LogP contribution in [-0.2, 0) is 24.2 Å². The van der Waals surface area contributed by atoms with Crippen molar-refractivity contribution in [1.82, 2.24) is 10.6 Å². The van der Waals surface area contributed by atoms with E-state index in [1.54, 1.807) is 0 Å². The van der Waals surface area contributed by atoms with E-state index in [1.807, 2.05) is 13.8 Å². The highest BCUT2D eigenvalue weighted by atomic mass is 32.2. The Hall–Kier alpha value is -1.64. The largest absolute Gasteiger partial charge is 0.480 e. The Morgan fingerprint density at radius 2 is 1.73 bits per heavy atom. The van der Waals surface area contributed by atoms with Crippen LogP contribution in [0, 0.1) is 5.92 Å². The fourth-order valence-electron chi connectivity index (χ4n) is 1.70. The van der Waals surface area contributed by atoms with Gasteiger partial charge in [-0.15, -0.1) is 0 Å². The van der Waals surface area contributed by atoms with E-state index in [0.29, 0.717) is 6.42 Å². The van der Waals surface area contributed by atoms with E-state index in [2.05, 4.69) is 10.6 Å². The highest BCUT2D eigenvalue weighted by Gasteiger charge is 2.21. The molecular formula is C13H24N2O6S. The van der Waals surface area contributed by atoms with Crippen LogP contribution in [0.15, 0.2) is 0 Å². The summed E-state index contributed by atoms with van der Waals surface area (Å²) in [5, 5.41) is 13.6. The van der Waals surface area contributed by atoms with Gasteiger partial charge < -0.3 is 15.7 Å². The minimum absolute atomic E-state index is 0.00525. The molecule has 0 unspecified atom stereocenters. The van der Waals surface area contributed by atoms with E-state index in [1.165, 1.54) is 0 Å². The third kappa shape index (κ3) is 11.1. The average Bonchev–Trinajstić information content (AvgIpc) is 2.33. The van der Waals surface area contributed by atoms with Crippen molar-refractivity contribution in [2.75, 3.05) is 18.6 Å². The molecular weight excluding hydrogens is 312 g/mol. The lowest BCUT2D eigenvalue weighted by Crippen LogP contribution is -2.46. The normalized spacial score (nSPS) is 12.7. The summed E-state index contributed by atoms with van der Waals surface area (Å²) in [6, 6.07) is -0.991. The van der Waals surface area contributed by atoms with E-state index in [9.17, 15) is 22.8 Å². The number of hydrogen-bond acceptors (Lipinski definition) is 5. The standard InChI is InChI=1S/C13H24N2O6S/c1-9(2)7-10(13(18)19)15-12(17)8-14-11(16)5-4-6-22(3,20)21/h9-10H,4-8H2,1-3H3,(H,14,16)(H,15,17)(H,18,19)/t10-/m0/s1. The van der Waals surface area contributed by atoms with Crippen molar-refractivity contribution in [1.29, 1.82) is 0 Å². The van der Waals surface area contributed by atoms with Crippen molar-refractivity contribution < 1.29 is 27.9 Å². The van der Waals surface area contributed by atoms with Crippen LogP contribution < -0.4 is 10.6 Å². The quantitative estimate of drug-likeness (QED) is 0.495. The molecule has 22 heavy (non-hydrogen) atoms. The Labute approximate surface area is 130 Å². The number of hydrogen-bond donors (Lipinski definition) is 3. The number of carbonyl (C=O) groups excluding carboxylic acids is 2. The molecule has 0 saturated carbocycles. The molecule has 1 atom stereocenters. The summed E-state index contributed by atoms with van der Waals surface area (Å²) in [5.41, 5.74) is 0. The summed E-state index contributed by atoms with van der Waals surface area (Å²) in [6.07, 6.45) is 1.55. The van der Waals surface area contributed by atoms with Gasteiger partial charge in [-0.1, -0.05) is 13.8 Å². The molecule has 0 saturated heterocycles. The molecule has 9 heteroatoms. The Morgan fingerprint density at radius 1 is 1.14 bits per heavy atom. The molecule has 128 valence electrons. The number of aliphatic carboxylic acids is 1. The summed E-state index contributed by atoms with van der Waals surface area (Å²) in [4.78, 5) is 34.0. The van der Waals surface area contributed by atoms with Gasteiger partial charge in [0.15, 0.2) is 0 Å². The van der Waals surface area contributed by atoms with Gasteiger partial charge in [0.05, 0.1) is 12.3 Å². The number of carboxylic acids is 1. The lowest BCUT2D eigenvalue weighted by Gasteiger charge is -2.16. The maximum Gasteiger partial charge on any atom is 0.326 e. The summed E-state index contributed by atoms with van der Waals surface area (Å²) < 4.78 is 21.8. The van der Waals surface area contributed by atoms with Gasteiger partial charge in [-0.05, 0) is 18.8 Å². The van der Waals surface area contributed by atoms with Crippen molar-refractivity contribution >= 4 is 27.6 Å². The van der Waals surface area contributed by atoms with E-state index in [-0.39, 0.29) is 31.1 Å². The van der Waals surface area contributed by atoms with Crippen LogP contribution in [0.25, 0.3) is 0 Å². The number of sulfone groups is 1. The van der Waals surface area contributed by atoms with Crippen molar-refractivity contribution in [3.05, 3.63) is 0 Å². The maximum absolute atomic E-state index is 11.6. The molecule has 0 fully saturated rings. The smallest absolute Gasteiger partial charge is 0.326 e. The second-order valence-electron chi connectivity index (χ2n) is 5.60. The number of carbonyl (C=O) groups is 3. The molecule has 0 aromatic heterocycles. The number of nitrogens with one attached hydrogen (secondary N) is 2. The zero-order valence-corrected chi connectivity index (χ0v) is 13.9. The number of amides is 2. The van der Waals surface area contributed by atoms with Gasteiger partial charge in [0, 0.05) is 12.7 Å². The highest BCUT2D eigenvalue weighted by molar-refractivity contribution is 7.90. The van der Waals surface area contributed by atoms with Crippen LogP contribution in [0.3, 0.4) is 0 Å². The van der Waals surface area contributed by atoms with Crippen LogP contribution in [0.4, 0.5) is 0 Å². The molecule has 0 rings (SSSR count). The second-order valence-corrected chi connectivity index (χ2v) is 7.86. The third-order valence-corrected chi connectivity index (χ3v) is 3.74. The van der Waals surface area contributed by atoms with E-state index in [4.69, 9.17) is 5.11 Å². The third-order valence-electron chi connectivity index (χ3n) is 2.71. The van der Waals surface area contributed by atoms with E-state index >= 15 is 0 Å². The fraction of sp³-hybridized carbons (Fsp3) is 0.769. The zero-order chi connectivity index (χ0) is 17.3. The summed E-state index contributed by atoms with van der Waals surface area (Å²) in [5.74, 6) is -2.16.